The third-order valence-corrected chi connectivity index (χ3v) is 6.56. The molecule has 3 N–H and O–H groups in total. The summed E-state index contributed by atoms with van der Waals surface area (Å²) >= 11 is 12.3. The molecule has 0 fully saturated rings. The number of amides is 1. The zero-order valence-corrected chi connectivity index (χ0v) is 22.7. The predicted molar refractivity (Wildman–Crippen MR) is 143 cm³/mol. The first-order valence-electron chi connectivity index (χ1n) is 12.4. The Morgan fingerprint density at radius 1 is 1.38 bits per heavy atom. The molecular weight excluding hydrogens is 577 g/mol. The van der Waals surface area contributed by atoms with Crippen LogP contribution >= 0.6 is 23.2 Å². The number of hydrogen-bond acceptors (Lipinski definition) is 6. The fraction of sp³-hybridized carbons (Fsp3) is 0.360. The summed E-state index contributed by atoms with van der Waals surface area (Å²) in [4.78, 5) is 18.8. The summed E-state index contributed by atoms with van der Waals surface area (Å²) in [5.74, 6) is -3.60. The first-order valence-corrected chi connectivity index (χ1v) is 12.5. The Kier molecular flexibility index (Phi) is 9.34. The number of aliphatic imine (C=N–C) groups is 1. The number of hydrazone groups is 1. The van der Waals surface area contributed by atoms with E-state index >= 15 is 0 Å². The summed E-state index contributed by atoms with van der Waals surface area (Å²) in [7, 11) is 0. The molecule has 1 aliphatic heterocycles. The monoisotopic (exact) mass is 602 g/mol. The Labute approximate surface area is 239 Å². The highest BCUT2D eigenvalue weighted by Crippen LogP contribution is 2.32. The molecule has 1 unspecified atom stereocenters. The summed E-state index contributed by atoms with van der Waals surface area (Å²) in [5, 5.41) is 17.7. The van der Waals surface area contributed by atoms with Gasteiger partial charge < -0.3 is 15.4 Å². The van der Waals surface area contributed by atoms with Crippen molar-refractivity contribution >= 4 is 46.5 Å². The van der Waals surface area contributed by atoms with E-state index in [1.807, 2.05) is 0 Å². The molecule has 0 radical (unpaired) electrons. The molecule has 1 amide bonds. The first-order chi connectivity index (χ1) is 19.3. The van der Waals surface area contributed by atoms with E-state index in [4.69, 9.17) is 30.3 Å². The third-order valence-electron chi connectivity index (χ3n) is 5.82. The molecule has 0 saturated carbocycles. The Morgan fingerprint density at radius 2 is 2.10 bits per heavy atom. The Hall–Kier alpha value is -3.60. The van der Waals surface area contributed by atoms with Crippen molar-refractivity contribution < 1.29 is 28.5 Å². The second-order valence-electron chi connectivity index (χ2n) is 8.82. The van der Waals surface area contributed by atoms with E-state index in [0.29, 0.717) is 5.56 Å². The number of nitrogens with two attached hydrogens (primary N) is 1. The quantitative estimate of drug-likeness (QED) is 0.151. The average Bonchev–Trinajstić information content (AvgIpc) is 3.34. The van der Waals surface area contributed by atoms with Crippen molar-refractivity contribution in [2.75, 3.05) is 13.1 Å². The van der Waals surface area contributed by atoms with Gasteiger partial charge in [-0.05, 0) is 37.1 Å². The lowest BCUT2D eigenvalue weighted by molar-refractivity contribution is -0.275. The number of hydrogen-bond donors (Lipinski definition) is 2. The second-order valence-corrected chi connectivity index (χ2v) is 9.64. The van der Waals surface area contributed by atoms with Gasteiger partial charge in [-0.2, -0.15) is 10.4 Å². The molecule has 0 aliphatic carbocycles. The Bertz CT molecular complexity index is 1380. The third kappa shape index (κ3) is 7.12. The standard InChI is InChI=1S/C25H25Cl2F4N7O2/c1-4-37(23(39)21(33)13(2)3)18-11-38(36-22(18)14-8-9-15(26)16(27)10-14)24(34-12-32)35-17-6-5-7-19(20(17)28)40-25(29,30)31/h5-10,13,18,21H,4,11,33H2,1-3H3,(H,34,35)/t18?,21-/m0/s1/i1D. The fourth-order valence-electron chi connectivity index (χ4n) is 3.77. The van der Waals surface area contributed by atoms with Crippen LogP contribution in [0.4, 0.5) is 23.2 Å². The molecule has 0 bridgehead atoms. The number of alkyl halides is 3. The van der Waals surface area contributed by atoms with Crippen LogP contribution in [0.25, 0.3) is 0 Å². The second kappa shape index (κ2) is 12.7. The summed E-state index contributed by atoms with van der Waals surface area (Å²) in [6, 6.07) is 5.82. The Balaban J connectivity index is 2.13. The van der Waals surface area contributed by atoms with Crippen molar-refractivity contribution in [3.05, 3.63) is 57.8 Å². The van der Waals surface area contributed by atoms with Gasteiger partial charge in [0, 0.05) is 13.5 Å². The number of nitrogens with one attached hydrogen (secondary N) is 1. The summed E-state index contributed by atoms with van der Waals surface area (Å²) in [5.41, 5.74) is 6.27. The van der Waals surface area contributed by atoms with E-state index in [0.717, 1.165) is 23.2 Å². The molecule has 2 atom stereocenters. The molecule has 0 spiro atoms. The molecule has 0 aromatic heterocycles. The Morgan fingerprint density at radius 3 is 2.70 bits per heavy atom. The number of carbonyl (C=O) groups is 1. The van der Waals surface area contributed by atoms with Gasteiger partial charge in [-0.3, -0.25) is 10.1 Å². The van der Waals surface area contributed by atoms with Gasteiger partial charge in [0.25, 0.3) is 0 Å². The van der Waals surface area contributed by atoms with Crippen molar-refractivity contribution in [2.45, 2.75) is 39.2 Å². The SMILES string of the molecule is [2H]CCN(C(=O)[C@@H](N)C(C)C)C1CN(C(=Nc2cccc(OC(F)(F)F)c2F)NC#N)N=C1c1ccc(Cl)c(Cl)c1. The van der Waals surface area contributed by atoms with Crippen molar-refractivity contribution in [1.82, 2.24) is 15.2 Å². The highest BCUT2D eigenvalue weighted by Gasteiger charge is 2.39. The van der Waals surface area contributed by atoms with Gasteiger partial charge in [0.2, 0.25) is 11.9 Å². The van der Waals surface area contributed by atoms with E-state index in [2.05, 4.69) is 20.1 Å². The molecule has 9 nitrogen and oxygen atoms in total. The largest absolute Gasteiger partial charge is 0.573 e. The van der Waals surface area contributed by atoms with E-state index in [-0.39, 0.29) is 47.6 Å². The molecule has 3 rings (SSSR count). The molecule has 2 aromatic carbocycles. The number of nitrogens with zero attached hydrogens (tertiary/aromatic N) is 5. The van der Waals surface area contributed by atoms with Crippen molar-refractivity contribution in [3.8, 4) is 11.9 Å². The van der Waals surface area contributed by atoms with Crippen LogP contribution in [0.15, 0.2) is 46.5 Å². The van der Waals surface area contributed by atoms with Crippen LogP contribution in [-0.4, -0.2) is 59.0 Å². The van der Waals surface area contributed by atoms with Gasteiger partial charge in [0.15, 0.2) is 17.8 Å². The van der Waals surface area contributed by atoms with Crippen LogP contribution in [-0.2, 0) is 4.79 Å². The molecule has 2 aromatic rings. The number of guanidine groups is 1. The van der Waals surface area contributed by atoms with E-state index < -0.39 is 41.6 Å². The van der Waals surface area contributed by atoms with Gasteiger partial charge >= 0.3 is 6.36 Å². The normalized spacial score (nSPS) is 16.8. The average molecular weight is 603 g/mol. The lowest BCUT2D eigenvalue weighted by Crippen LogP contribution is -2.54. The molecule has 40 heavy (non-hydrogen) atoms. The van der Waals surface area contributed by atoms with Crippen LogP contribution in [0.3, 0.4) is 0 Å². The van der Waals surface area contributed by atoms with E-state index in [9.17, 15) is 27.6 Å². The van der Waals surface area contributed by atoms with Crippen molar-refractivity contribution in [1.29, 1.82) is 5.26 Å². The lowest BCUT2D eigenvalue weighted by Gasteiger charge is -2.32. The maximum atomic E-state index is 14.9. The highest BCUT2D eigenvalue weighted by molar-refractivity contribution is 6.42. The number of nitriles is 1. The maximum absolute atomic E-state index is 14.9. The maximum Gasteiger partial charge on any atom is 0.573 e. The minimum atomic E-state index is -5.15. The summed E-state index contributed by atoms with van der Waals surface area (Å²) in [6.07, 6.45) is -3.51. The summed E-state index contributed by atoms with van der Waals surface area (Å²) in [6.45, 7) is 3.20. The predicted octanol–water partition coefficient (Wildman–Crippen LogP) is 5.01. The van der Waals surface area contributed by atoms with Crippen LogP contribution < -0.4 is 15.8 Å². The number of ether oxygens (including phenoxy) is 1. The van der Waals surface area contributed by atoms with Gasteiger partial charge in [0.05, 0.1) is 34.4 Å². The molecular formula is C25H25Cl2F4N7O2. The topological polar surface area (TPSA) is 119 Å². The number of likely N-dealkylation sites (N-methyl/N-ethyl adjacent to an activating group) is 1. The minimum absolute atomic E-state index is 0.0261. The molecule has 1 aliphatic rings. The zero-order valence-electron chi connectivity index (χ0n) is 22.2. The number of halogens is 6. The fourth-order valence-corrected chi connectivity index (χ4v) is 4.07. The smallest absolute Gasteiger partial charge is 0.403 e. The zero-order chi connectivity index (χ0) is 30.5. The van der Waals surface area contributed by atoms with Crippen LogP contribution in [0.2, 0.25) is 10.0 Å². The van der Waals surface area contributed by atoms with Crippen molar-refractivity contribution in [2.24, 2.45) is 21.7 Å². The number of carbonyl (C=O) groups excluding carboxylic acids is 1. The lowest BCUT2D eigenvalue weighted by atomic mass is 9.99. The molecule has 1 heterocycles. The first kappa shape index (κ1) is 29.4. The van der Waals surface area contributed by atoms with Gasteiger partial charge in [-0.25, -0.2) is 14.4 Å². The number of rotatable bonds is 7. The van der Waals surface area contributed by atoms with Crippen LogP contribution in [0, 0.1) is 23.2 Å². The number of benzene rings is 2. The molecule has 15 heteroatoms. The van der Waals surface area contributed by atoms with E-state index in [1.165, 1.54) is 17.0 Å². The van der Waals surface area contributed by atoms with Gasteiger partial charge in [-0.1, -0.05) is 49.2 Å². The van der Waals surface area contributed by atoms with Crippen molar-refractivity contribution in [3.63, 3.8) is 0 Å². The molecule has 214 valence electrons. The minimum Gasteiger partial charge on any atom is -0.403 e. The summed E-state index contributed by atoms with van der Waals surface area (Å²) < 4.78 is 64.5. The van der Waals surface area contributed by atoms with E-state index in [1.54, 1.807) is 26.1 Å². The van der Waals surface area contributed by atoms with Gasteiger partial charge in [0.1, 0.15) is 5.69 Å². The van der Waals surface area contributed by atoms with Gasteiger partial charge in [-0.15, -0.1) is 13.2 Å². The van der Waals surface area contributed by atoms with Crippen LogP contribution in [0.5, 0.6) is 5.75 Å². The molecule has 0 saturated heterocycles. The van der Waals surface area contributed by atoms with Crippen LogP contribution in [0.1, 0.15) is 27.7 Å². The highest BCUT2D eigenvalue weighted by atomic mass is 35.5.